The lowest BCUT2D eigenvalue weighted by atomic mass is 10.1. The fraction of sp³-hybridized carbons (Fsp3) is 0.0909. The Labute approximate surface area is 110 Å². The number of aromatic nitrogens is 2. The minimum Gasteiger partial charge on any atom is -0.266 e. The molecular formula is C11H6ClF3N2S. The zero-order valence-corrected chi connectivity index (χ0v) is 10.3. The summed E-state index contributed by atoms with van der Waals surface area (Å²) < 4.78 is 38.0. The van der Waals surface area contributed by atoms with Crippen LogP contribution in [0.4, 0.5) is 13.2 Å². The summed E-state index contributed by atoms with van der Waals surface area (Å²) in [5, 5.41) is 6.26. The molecular weight excluding hydrogens is 285 g/mol. The molecule has 2 rings (SSSR count). The second-order valence-corrected chi connectivity index (χ2v) is 4.31. The first kappa shape index (κ1) is 13.0. The predicted octanol–water partition coefficient (Wildman–Crippen LogP) is 4.48. The zero-order chi connectivity index (χ0) is 13.3. The zero-order valence-electron chi connectivity index (χ0n) is 8.75. The molecule has 0 radical (unpaired) electrons. The number of nitrogens with one attached hydrogen (secondary N) is 1. The summed E-state index contributed by atoms with van der Waals surface area (Å²) in [6.07, 6.45) is -4.39. The molecule has 1 aromatic carbocycles. The number of aromatic amines is 1. The topological polar surface area (TPSA) is 28.7 Å². The van der Waals surface area contributed by atoms with Crippen LogP contribution in [0, 0.1) is 4.64 Å². The summed E-state index contributed by atoms with van der Waals surface area (Å²) in [7, 11) is 0. The highest BCUT2D eigenvalue weighted by atomic mass is 35.5. The molecule has 0 aliphatic heterocycles. The highest BCUT2D eigenvalue weighted by Crippen LogP contribution is 2.32. The van der Waals surface area contributed by atoms with E-state index in [0.717, 1.165) is 12.1 Å². The number of nitrogens with zero attached hydrogens (tertiary/aromatic N) is 1. The maximum atomic E-state index is 12.6. The van der Waals surface area contributed by atoms with Gasteiger partial charge in [-0.25, -0.2) is 0 Å². The number of H-pyrrole nitrogens is 1. The van der Waals surface area contributed by atoms with E-state index in [4.69, 9.17) is 23.8 Å². The minimum absolute atomic E-state index is 0.135. The monoisotopic (exact) mass is 290 g/mol. The first-order valence-electron chi connectivity index (χ1n) is 4.81. The molecule has 2 nitrogen and oxygen atoms in total. The van der Waals surface area contributed by atoms with E-state index >= 15 is 0 Å². The van der Waals surface area contributed by atoms with E-state index in [1.807, 2.05) is 0 Å². The van der Waals surface area contributed by atoms with Crippen LogP contribution in [0.25, 0.3) is 11.1 Å². The number of alkyl halides is 3. The van der Waals surface area contributed by atoms with Gasteiger partial charge in [-0.3, -0.25) is 5.10 Å². The van der Waals surface area contributed by atoms with Crippen LogP contribution in [-0.4, -0.2) is 10.2 Å². The molecule has 0 aliphatic rings. The van der Waals surface area contributed by atoms with Gasteiger partial charge in [0.1, 0.15) is 9.79 Å². The van der Waals surface area contributed by atoms with Crippen molar-refractivity contribution >= 4 is 23.8 Å². The van der Waals surface area contributed by atoms with Gasteiger partial charge >= 0.3 is 6.18 Å². The molecule has 0 aliphatic carbocycles. The Kier molecular flexibility index (Phi) is 3.41. The lowest BCUT2D eigenvalue weighted by Crippen LogP contribution is -2.04. The van der Waals surface area contributed by atoms with Crippen molar-refractivity contribution in [3.8, 4) is 11.1 Å². The van der Waals surface area contributed by atoms with Crippen molar-refractivity contribution in [3.05, 3.63) is 45.7 Å². The van der Waals surface area contributed by atoms with Crippen molar-refractivity contribution in [2.75, 3.05) is 0 Å². The Morgan fingerprint density at radius 2 is 1.94 bits per heavy atom. The van der Waals surface area contributed by atoms with Gasteiger partial charge in [-0.1, -0.05) is 36.0 Å². The van der Waals surface area contributed by atoms with Crippen LogP contribution < -0.4 is 0 Å². The van der Waals surface area contributed by atoms with E-state index < -0.39 is 11.7 Å². The maximum Gasteiger partial charge on any atom is 0.416 e. The third kappa shape index (κ3) is 2.70. The summed E-state index contributed by atoms with van der Waals surface area (Å²) in [4.78, 5) is 0. The van der Waals surface area contributed by atoms with Gasteiger partial charge < -0.3 is 0 Å². The maximum absolute atomic E-state index is 12.6. The van der Waals surface area contributed by atoms with Gasteiger partial charge in [0.15, 0.2) is 0 Å². The van der Waals surface area contributed by atoms with E-state index in [1.54, 1.807) is 0 Å². The third-order valence-electron chi connectivity index (χ3n) is 2.27. The molecule has 18 heavy (non-hydrogen) atoms. The van der Waals surface area contributed by atoms with Gasteiger partial charge in [-0.15, -0.1) is 0 Å². The molecule has 0 unspecified atom stereocenters. The van der Waals surface area contributed by atoms with Crippen LogP contribution in [0.2, 0.25) is 5.15 Å². The molecule has 1 heterocycles. The lowest BCUT2D eigenvalue weighted by molar-refractivity contribution is -0.137. The van der Waals surface area contributed by atoms with Crippen LogP contribution in [-0.2, 0) is 6.18 Å². The number of hydrogen-bond donors (Lipinski definition) is 1. The Morgan fingerprint density at radius 1 is 1.22 bits per heavy atom. The van der Waals surface area contributed by atoms with Crippen molar-refractivity contribution in [2.45, 2.75) is 6.18 Å². The van der Waals surface area contributed by atoms with E-state index in [9.17, 15) is 13.2 Å². The number of benzene rings is 1. The van der Waals surface area contributed by atoms with Gasteiger partial charge in [0.05, 0.1) is 5.56 Å². The molecule has 94 valence electrons. The van der Waals surface area contributed by atoms with Crippen LogP contribution in [0.3, 0.4) is 0 Å². The summed E-state index contributed by atoms with van der Waals surface area (Å²) in [6.45, 7) is 0. The average Bonchev–Trinajstić information content (AvgIpc) is 2.31. The van der Waals surface area contributed by atoms with Crippen molar-refractivity contribution in [2.24, 2.45) is 0 Å². The highest BCUT2D eigenvalue weighted by Gasteiger charge is 2.30. The SMILES string of the molecule is FC(F)(F)c1cccc(-c2cc(Cl)n[nH]c2=S)c1. The van der Waals surface area contributed by atoms with Gasteiger partial charge in [-0.05, 0) is 23.8 Å². The van der Waals surface area contributed by atoms with Crippen LogP contribution in [0.1, 0.15) is 5.56 Å². The van der Waals surface area contributed by atoms with Crippen molar-refractivity contribution in [1.82, 2.24) is 10.2 Å². The van der Waals surface area contributed by atoms with Gasteiger partial charge in [-0.2, -0.15) is 18.3 Å². The second-order valence-electron chi connectivity index (χ2n) is 3.51. The smallest absolute Gasteiger partial charge is 0.266 e. The van der Waals surface area contributed by atoms with Crippen LogP contribution >= 0.6 is 23.8 Å². The quantitative estimate of drug-likeness (QED) is 0.785. The summed E-state index contributed by atoms with van der Waals surface area (Å²) >= 11 is 10.7. The first-order valence-corrected chi connectivity index (χ1v) is 5.59. The van der Waals surface area contributed by atoms with E-state index in [1.165, 1.54) is 18.2 Å². The molecule has 1 N–H and O–H groups in total. The summed E-state index contributed by atoms with van der Waals surface area (Å²) in [6, 6.07) is 6.30. The van der Waals surface area contributed by atoms with Crippen LogP contribution in [0.5, 0.6) is 0 Å². The van der Waals surface area contributed by atoms with Gasteiger partial charge in [0.25, 0.3) is 0 Å². The molecule has 0 fully saturated rings. The molecule has 7 heteroatoms. The molecule has 0 saturated heterocycles. The Morgan fingerprint density at radius 3 is 2.61 bits per heavy atom. The summed E-state index contributed by atoms with van der Waals surface area (Å²) in [5.41, 5.74) is 0.0220. The molecule has 0 amide bonds. The normalized spacial score (nSPS) is 11.6. The standard InChI is InChI=1S/C11H6ClF3N2S/c12-9-5-8(10(18)17-16-9)6-2-1-3-7(4-6)11(13,14)15/h1-5H,(H,17,18). The van der Waals surface area contributed by atoms with Gasteiger partial charge in [0, 0.05) is 5.56 Å². The Hall–Kier alpha value is -1.40. The second kappa shape index (κ2) is 4.70. The van der Waals surface area contributed by atoms with E-state index in [0.29, 0.717) is 11.1 Å². The van der Waals surface area contributed by atoms with Gasteiger partial charge in [0.2, 0.25) is 0 Å². The minimum atomic E-state index is -4.39. The Balaban J connectivity index is 2.58. The lowest BCUT2D eigenvalue weighted by Gasteiger charge is -2.08. The largest absolute Gasteiger partial charge is 0.416 e. The Bertz CT molecular complexity index is 637. The van der Waals surface area contributed by atoms with Crippen molar-refractivity contribution < 1.29 is 13.2 Å². The first-order chi connectivity index (χ1) is 8.38. The molecule has 0 saturated carbocycles. The fourth-order valence-corrected chi connectivity index (χ4v) is 1.83. The third-order valence-corrected chi connectivity index (χ3v) is 2.78. The van der Waals surface area contributed by atoms with E-state index in [-0.39, 0.29) is 9.79 Å². The average molecular weight is 291 g/mol. The van der Waals surface area contributed by atoms with Crippen LogP contribution in [0.15, 0.2) is 30.3 Å². The molecule has 0 spiro atoms. The summed E-state index contributed by atoms with van der Waals surface area (Å²) in [5.74, 6) is 0. The van der Waals surface area contributed by atoms with Crippen molar-refractivity contribution in [1.29, 1.82) is 0 Å². The van der Waals surface area contributed by atoms with Crippen molar-refractivity contribution in [3.63, 3.8) is 0 Å². The molecule has 2 aromatic rings. The fourth-order valence-electron chi connectivity index (χ4n) is 1.46. The number of hydrogen-bond acceptors (Lipinski definition) is 2. The predicted molar refractivity (Wildman–Crippen MR) is 64.9 cm³/mol. The molecule has 0 atom stereocenters. The van der Waals surface area contributed by atoms with E-state index in [2.05, 4.69) is 10.2 Å². The molecule has 0 bridgehead atoms. The number of halogens is 4. The number of rotatable bonds is 1. The highest BCUT2D eigenvalue weighted by molar-refractivity contribution is 7.71. The molecule has 1 aromatic heterocycles.